The predicted molar refractivity (Wildman–Crippen MR) is 129 cm³/mol. The van der Waals surface area contributed by atoms with Crippen molar-refractivity contribution >= 4 is 29.1 Å². The first kappa shape index (κ1) is 23.6. The van der Waals surface area contributed by atoms with E-state index in [1.165, 1.54) is 11.2 Å². The van der Waals surface area contributed by atoms with Crippen molar-refractivity contribution in [3.63, 3.8) is 0 Å². The monoisotopic (exact) mass is 479 g/mol. The smallest absolute Gasteiger partial charge is 0.296 e. The molecule has 7 heteroatoms. The number of unbranched alkanes of at least 4 members (excludes halogenated alkanes) is 2. The van der Waals surface area contributed by atoms with Crippen molar-refractivity contribution in [3.05, 3.63) is 94.4 Å². The van der Waals surface area contributed by atoms with Gasteiger partial charge in [0.1, 0.15) is 17.3 Å². The van der Waals surface area contributed by atoms with E-state index >= 15 is 0 Å². The van der Waals surface area contributed by atoms with Crippen molar-refractivity contribution in [1.82, 2.24) is 4.90 Å². The molecule has 4 rings (SSSR count). The summed E-state index contributed by atoms with van der Waals surface area (Å²) in [5, 5.41) is 11.7. The van der Waals surface area contributed by atoms with Crippen LogP contribution in [0.4, 0.5) is 0 Å². The number of carbonyl (C=O) groups excluding carboxylic acids is 2. The van der Waals surface area contributed by atoms with Gasteiger partial charge in [0.05, 0.1) is 31.0 Å². The molecular formula is C27H26ClNO5. The van der Waals surface area contributed by atoms with E-state index in [0.29, 0.717) is 34.3 Å². The summed E-state index contributed by atoms with van der Waals surface area (Å²) in [6.45, 7) is 2.84. The molecule has 176 valence electrons. The molecule has 0 saturated carbocycles. The molecule has 6 nitrogen and oxygen atoms in total. The molecule has 2 aromatic carbocycles. The lowest BCUT2D eigenvalue weighted by molar-refractivity contribution is -0.140. The molecule has 1 atom stereocenters. The standard InChI is InChI=1S/C27H26ClNO5/c1-2-3-4-15-33-21-13-9-19(10-14-21)25(30)23-24(18-7-11-20(28)12-8-18)29(27(32)26(23)31)17-22-6-5-16-34-22/h5-14,16,24,30H,2-4,15,17H2,1H3/b25-23-. The number of carbonyl (C=O) groups is 2. The molecule has 1 fully saturated rings. The second-order valence-corrected chi connectivity index (χ2v) is 8.57. The van der Waals surface area contributed by atoms with Gasteiger partial charge in [0.25, 0.3) is 11.7 Å². The van der Waals surface area contributed by atoms with Crippen LogP contribution in [0.1, 0.15) is 49.1 Å². The number of benzene rings is 2. The lowest BCUT2D eigenvalue weighted by Gasteiger charge is -2.24. The fourth-order valence-corrected chi connectivity index (χ4v) is 4.14. The summed E-state index contributed by atoms with van der Waals surface area (Å²) in [7, 11) is 0. The molecule has 1 aliphatic heterocycles. The number of amides is 1. The number of hydrogen-bond acceptors (Lipinski definition) is 5. The lowest BCUT2D eigenvalue weighted by Crippen LogP contribution is -2.29. The summed E-state index contributed by atoms with van der Waals surface area (Å²) in [5.41, 5.74) is 1.11. The second kappa shape index (κ2) is 10.6. The molecule has 0 spiro atoms. The van der Waals surface area contributed by atoms with Gasteiger partial charge in [-0.2, -0.15) is 0 Å². The zero-order valence-electron chi connectivity index (χ0n) is 18.9. The average molecular weight is 480 g/mol. The fraction of sp³-hybridized carbons (Fsp3) is 0.259. The molecule has 1 aliphatic rings. The van der Waals surface area contributed by atoms with Crippen LogP contribution < -0.4 is 4.74 Å². The molecule has 3 aromatic rings. The minimum atomic E-state index is -0.785. The van der Waals surface area contributed by atoms with Crippen LogP contribution in [0.3, 0.4) is 0 Å². The van der Waals surface area contributed by atoms with Crippen LogP contribution in [0, 0.1) is 0 Å². The van der Waals surface area contributed by atoms with Crippen LogP contribution in [-0.2, 0) is 16.1 Å². The third kappa shape index (κ3) is 5.02. The molecular weight excluding hydrogens is 454 g/mol. The van der Waals surface area contributed by atoms with E-state index in [1.54, 1.807) is 60.7 Å². The number of ether oxygens (including phenoxy) is 1. The van der Waals surface area contributed by atoms with Crippen molar-refractivity contribution < 1.29 is 23.8 Å². The SMILES string of the molecule is CCCCCOc1ccc(/C(O)=C2/C(=O)C(=O)N(Cc3ccco3)C2c2ccc(Cl)cc2)cc1. The zero-order valence-corrected chi connectivity index (χ0v) is 19.6. The van der Waals surface area contributed by atoms with Gasteiger partial charge in [-0.25, -0.2) is 0 Å². The molecule has 1 amide bonds. The van der Waals surface area contributed by atoms with Crippen LogP contribution in [0.15, 0.2) is 76.9 Å². The Labute approximate surface area is 203 Å². The van der Waals surface area contributed by atoms with Crippen LogP contribution >= 0.6 is 11.6 Å². The van der Waals surface area contributed by atoms with Gasteiger partial charge in [-0.1, -0.05) is 43.5 Å². The van der Waals surface area contributed by atoms with E-state index < -0.39 is 17.7 Å². The topological polar surface area (TPSA) is 80.0 Å². The Morgan fingerprint density at radius 3 is 2.44 bits per heavy atom. The quantitative estimate of drug-likeness (QED) is 0.173. The maximum atomic E-state index is 13.1. The number of aliphatic hydroxyl groups is 1. The molecule has 34 heavy (non-hydrogen) atoms. The predicted octanol–water partition coefficient (Wildman–Crippen LogP) is 6.12. The lowest BCUT2D eigenvalue weighted by atomic mass is 9.95. The Hall–Kier alpha value is -3.51. The third-order valence-corrected chi connectivity index (χ3v) is 6.03. The highest BCUT2D eigenvalue weighted by Gasteiger charge is 2.46. The summed E-state index contributed by atoms with van der Waals surface area (Å²) in [5.74, 6) is -0.471. The zero-order chi connectivity index (χ0) is 24.1. The van der Waals surface area contributed by atoms with Gasteiger partial charge in [0.15, 0.2) is 0 Å². The third-order valence-electron chi connectivity index (χ3n) is 5.78. The normalized spacial score (nSPS) is 17.4. The van der Waals surface area contributed by atoms with Gasteiger partial charge >= 0.3 is 0 Å². The second-order valence-electron chi connectivity index (χ2n) is 8.14. The van der Waals surface area contributed by atoms with E-state index in [0.717, 1.165) is 19.3 Å². The van der Waals surface area contributed by atoms with E-state index in [2.05, 4.69) is 6.92 Å². The van der Waals surface area contributed by atoms with E-state index in [1.807, 2.05) is 0 Å². The Morgan fingerprint density at radius 2 is 1.79 bits per heavy atom. The number of rotatable bonds is 9. The molecule has 0 bridgehead atoms. The van der Waals surface area contributed by atoms with Gasteiger partial charge in [0, 0.05) is 10.6 Å². The van der Waals surface area contributed by atoms with Crippen molar-refractivity contribution in [3.8, 4) is 5.75 Å². The Kier molecular flexibility index (Phi) is 7.38. The summed E-state index contributed by atoms with van der Waals surface area (Å²) in [6.07, 6.45) is 4.69. The van der Waals surface area contributed by atoms with Gasteiger partial charge in [-0.05, 0) is 60.5 Å². The maximum absolute atomic E-state index is 13.1. The van der Waals surface area contributed by atoms with Crippen molar-refractivity contribution in [2.75, 3.05) is 6.61 Å². The number of nitrogens with zero attached hydrogens (tertiary/aromatic N) is 1. The average Bonchev–Trinajstić information content (AvgIpc) is 3.45. The summed E-state index contributed by atoms with van der Waals surface area (Å²) in [4.78, 5) is 27.5. The first-order valence-electron chi connectivity index (χ1n) is 11.3. The minimum Gasteiger partial charge on any atom is -0.507 e. The van der Waals surface area contributed by atoms with Crippen molar-refractivity contribution in [2.45, 2.75) is 38.8 Å². The van der Waals surface area contributed by atoms with Gasteiger partial charge in [-0.15, -0.1) is 0 Å². The van der Waals surface area contributed by atoms with E-state index in [9.17, 15) is 14.7 Å². The number of halogens is 1. The van der Waals surface area contributed by atoms with E-state index in [-0.39, 0.29) is 17.9 Å². The number of Topliss-reactive ketones (excluding diaryl/α,β-unsaturated/α-hetero) is 1. The largest absolute Gasteiger partial charge is 0.507 e. The highest BCUT2D eigenvalue weighted by Crippen LogP contribution is 2.40. The molecule has 1 unspecified atom stereocenters. The summed E-state index contributed by atoms with van der Waals surface area (Å²) in [6, 6.07) is 16.4. The van der Waals surface area contributed by atoms with Crippen molar-refractivity contribution in [2.24, 2.45) is 0 Å². The highest BCUT2D eigenvalue weighted by molar-refractivity contribution is 6.46. The minimum absolute atomic E-state index is 0.0236. The van der Waals surface area contributed by atoms with E-state index in [4.69, 9.17) is 20.8 Å². The Balaban J connectivity index is 1.69. The number of hydrogen-bond donors (Lipinski definition) is 1. The van der Waals surface area contributed by atoms with Gasteiger partial charge in [-0.3, -0.25) is 9.59 Å². The van der Waals surface area contributed by atoms with Crippen LogP contribution in [0.25, 0.3) is 5.76 Å². The fourth-order valence-electron chi connectivity index (χ4n) is 4.01. The number of aliphatic hydroxyl groups excluding tert-OH is 1. The summed E-state index contributed by atoms with van der Waals surface area (Å²) < 4.78 is 11.1. The van der Waals surface area contributed by atoms with Crippen LogP contribution in [0.5, 0.6) is 5.75 Å². The molecule has 0 radical (unpaired) electrons. The molecule has 1 aromatic heterocycles. The number of ketones is 1. The molecule has 0 aliphatic carbocycles. The highest BCUT2D eigenvalue weighted by atomic mass is 35.5. The molecule has 1 N–H and O–H groups in total. The Bertz CT molecular complexity index is 1170. The first-order valence-corrected chi connectivity index (χ1v) is 11.7. The van der Waals surface area contributed by atoms with Gasteiger partial charge in [0.2, 0.25) is 0 Å². The Morgan fingerprint density at radius 1 is 1.06 bits per heavy atom. The number of likely N-dealkylation sites (tertiary alicyclic amines) is 1. The van der Waals surface area contributed by atoms with Crippen LogP contribution in [-0.4, -0.2) is 28.3 Å². The molecule has 2 heterocycles. The van der Waals surface area contributed by atoms with Gasteiger partial charge < -0.3 is 19.2 Å². The first-order chi connectivity index (χ1) is 16.5. The number of furan rings is 1. The molecule has 1 saturated heterocycles. The van der Waals surface area contributed by atoms with Crippen molar-refractivity contribution in [1.29, 1.82) is 0 Å². The summed E-state index contributed by atoms with van der Waals surface area (Å²) >= 11 is 6.05. The van der Waals surface area contributed by atoms with Crippen LogP contribution in [0.2, 0.25) is 5.02 Å². The maximum Gasteiger partial charge on any atom is 0.296 e.